The van der Waals surface area contributed by atoms with Gasteiger partial charge in [0.25, 0.3) is 0 Å². The van der Waals surface area contributed by atoms with Crippen LogP contribution in [0.1, 0.15) is 25.4 Å². The first-order valence-corrected chi connectivity index (χ1v) is 6.71. The molecule has 0 unspecified atom stereocenters. The van der Waals surface area contributed by atoms with Gasteiger partial charge in [0, 0.05) is 6.04 Å². The molecule has 0 aliphatic rings. The van der Waals surface area contributed by atoms with Gasteiger partial charge in [-0.3, -0.25) is 0 Å². The Morgan fingerprint density at radius 3 is 2.63 bits per heavy atom. The molecule has 3 nitrogen and oxygen atoms in total. The number of nitrogens with one attached hydrogen (secondary N) is 1. The van der Waals surface area contributed by atoms with Crippen molar-refractivity contribution in [2.24, 2.45) is 0 Å². The first-order valence-electron chi connectivity index (χ1n) is 6.33. The van der Waals surface area contributed by atoms with E-state index >= 15 is 0 Å². The largest absolute Gasteiger partial charge is 0.484 e. The number of rotatable bonds is 6. The maximum atomic E-state index is 6.01. The van der Waals surface area contributed by atoms with Crippen molar-refractivity contribution in [3.63, 3.8) is 0 Å². The summed E-state index contributed by atoms with van der Waals surface area (Å²) in [5.41, 5.74) is 0. The molecule has 102 valence electrons. The second-order valence-corrected chi connectivity index (χ2v) is 5.03. The Balaban J connectivity index is 1.88. The van der Waals surface area contributed by atoms with Crippen molar-refractivity contribution >= 4 is 11.6 Å². The number of hydrogen-bond donors (Lipinski definition) is 1. The van der Waals surface area contributed by atoms with E-state index in [0.717, 1.165) is 18.1 Å². The quantitative estimate of drug-likeness (QED) is 0.867. The monoisotopic (exact) mass is 279 g/mol. The molecule has 0 amide bonds. The number of hydrogen-bond acceptors (Lipinski definition) is 3. The fourth-order valence-corrected chi connectivity index (χ4v) is 1.80. The molecule has 0 fully saturated rings. The molecule has 2 aromatic rings. The normalized spacial score (nSPS) is 10.9. The molecule has 1 heterocycles. The van der Waals surface area contributed by atoms with Crippen LogP contribution in [0.5, 0.6) is 5.75 Å². The molecule has 1 aromatic carbocycles. The molecular formula is C15H18ClNO2. The van der Waals surface area contributed by atoms with Gasteiger partial charge in [0.2, 0.25) is 0 Å². The first kappa shape index (κ1) is 14.0. The number of ether oxygens (including phenoxy) is 1. The van der Waals surface area contributed by atoms with E-state index in [1.165, 1.54) is 0 Å². The third-order valence-corrected chi connectivity index (χ3v) is 2.92. The Hall–Kier alpha value is -1.45. The standard InChI is InChI=1S/C15H18ClNO2/c1-11(2)17-9-12-7-8-13(19-12)10-18-15-6-4-3-5-14(15)16/h3-8,11,17H,9-10H2,1-2H3. The summed E-state index contributed by atoms with van der Waals surface area (Å²) in [6.45, 7) is 5.31. The van der Waals surface area contributed by atoms with Crippen molar-refractivity contribution in [2.45, 2.75) is 33.0 Å². The van der Waals surface area contributed by atoms with Crippen LogP contribution in [0, 0.1) is 0 Å². The van der Waals surface area contributed by atoms with Crippen LogP contribution in [0.2, 0.25) is 5.02 Å². The summed E-state index contributed by atoms with van der Waals surface area (Å²) in [6.07, 6.45) is 0. The summed E-state index contributed by atoms with van der Waals surface area (Å²) in [4.78, 5) is 0. The molecule has 0 saturated heterocycles. The predicted octanol–water partition coefficient (Wildman–Crippen LogP) is 4.01. The van der Waals surface area contributed by atoms with Crippen LogP contribution in [0.15, 0.2) is 40.8 Å². The molecule has 1 N–H and O–H groups in total. The number of halogens is 1. The Morgan fingerprint density at radius 1 is 1.16 bits per heavy atom. The van der Waals surface area contributed by atoms with Gasteiger partial charge in [-0.05, 0) is 24.3 Å². The van der Waals surface area contributed by atoms with E-state index in [2.05, 4.69) is 19.2 Å². The van der Waals surface area contributed by atoms with Gasteiger partial charge in [0.15, 0.2) is 0 Å². The van der Waals surface area contributed by atoms with Crippen molar-refractivity contribution in [3.05, 3.63) is 52.9 Å². The molecule has 0 atom stereocenters. The molecule has 0 saturated carbocycles. The highest BCUT2D eigenvalue weighted by molar-refractivity contribution is 6.32. The molecular weight excluding hydrogens is 262 g/mol. The van der Waals surface area contributed by atoms with Crippen LogP contribution in [0.25, 0.3) is 0 Å². The third-order valence-electron chi connectivity index (χ3n) is 2.61. The Bertz CT molecular complexity index is 522. The van der Waals surface area contributed by atoms with E-state index in [1.807, 2.05) is 30.3 Å². The lowest BCUT2D eigenvalue weighted by Gasteiger charge is -2.06. The van der Waals surface area contributed by atoms with E-state index in [9.17, 15) is 0 Å². The minimum atomic E-state index is 0.380. The van der Waals surface area contributed by atoms with Gasteiger partial charge in [-0.1, -0.05) is 37.6 Å². The van der Waals surface area contributed by atoms with Crippen LogP contribution < -0.4 is 10.1 Å². The van der Waals surface area contributed by atoms with Gasteiger partial charge in [-0.2, -0.15) is 0 Å². The van der Waals surface area contributed by atoms with E-state index in [0.29, 0.717) is 23.4 Å². The Kier molecular flexibility index (Phi) is 4.88. The van der Waals surface area contributed by atoms with Gasteiger partial charge in [0.1, 0.15) is 23.9 Å². The summed E-state index contributed by atoms with van der Waals surface area (Å²) in [7, 11) is 0. The van der Waals surface area contributed by atoms with Crippen molar-refractivity contribution in [1.29, 1.82) is 0 Å². The van der Waals surface area contributed by atoms with Crippen molar-refractivity contribution < 1.29 is 9.15 Å². The highest BCUT2D eigenvalue weighted by Crippen LogP contribution is 2.24. The van der Waals surface area contributed by atoms with Crippen LogP contribution in [-0.4, -0.2) is 6.04 Å². The van der Waals surface area contributed by atoms with Crippen LogP contribution in [-0.2, 0) is 13.2 Å². The van der Waals surface area contributed by atoms with Crippen LogP contribution >= 0.6 is 11.6 Å². The summed E-state index contributed by atoms with van der Waals surface area (Å²) in [6, 6.07) is 11.7. The van der Waals surface area contributed by atoms with Crippen molar-refractivity contribution in [1.82, 2.24) is 5.32 Å². The van der Waals surface area contributed by atoms with E-state index in [1.54, 1.807) is 6.07 Å². The molecule has 0 aliphatic heterocycles. The second kappa shape index (κ2) is 6.64. The van der Waals surface area contributed by atoms with E-state index in [-0.39, 0.29) is 0 Å². The molecule has 0 spiro atoms. The maximum Gasteiger partial charge on any atom is 0.146 e. The summed E-state index contributed by atoms with van der Waals surface area (Å²) < 4.78 is 11.3. The smallest absolute Gasteiger partial charge is 0.146 e. The summed E-state index contributed by atoms with van der Waals surface area (Å²) in [5, 5.41) is 3.91. The zero-order valence-corrected chi connectivity index (χ0v) is 11.9. The highest BCUT2D eigenvalue weighted by atomic mass is 35.5. The fourth-order valence-electron chi connectivity index (χ4n) is 1.61. The Morgan fingerprint density at radius 2 is 1.89 bits per heavy atom. The van der Waals surface area contributed by atoms with Crippen LogP contribution in [0.4, 0.5) is 0 Å². The minimum Gasteiger partial charge on any atom is -0.484 e. The number of para-hydroxylation sites is 1. The molecule has 4 heteroatoms. The molecule has 1 aromatic heterocycles. The van der Waals surface area contributed by atoms with Gasteiger partial charge < -0.3 is 14.5 Å². The third kappa shape index (κ3) is 4.30. The molecule has 2 rings (SSSR count). The first-order chi connectivity index (χ1) is 9.15. The average molecular weight is 280 g/mol. The van der Waals surface area contributed by atoms with Gasteiger partial charge in [-0.25, -0.2) is 0 Å². The predicted molar refractivity (Wildman–Crippen MR) is 76.5 cm³/mol. The maximum absolute atomic E-state index is 6.01. The van der Waals surface area contributed by atoms with Crippen LogP contribution in [0.3, 0.4) is 0 Å². The van der Waals surface area contributed by atoms with Gasteiger partial charge in [0.05, 0.1) is 11.6 Å². The molecule has 0 radical (unpaired) electrons. The summed E-state index contributed by atoms with van der Waals surface area (Å²) in [5.74, 6) is 2.37. The average Bonchev–Trinajstić information content (AvgIpc) is 2.83. The van der Waals surface area contributed by atoms with E-state index in [4.69, 9.17) is 20.8 Å². The SMILES string of the molecule is CC(C)NCc1ccc(COc2ccccc2Cl)o1. The topological polar surface area (TPSA) is 34.4 Å². The van der Waals surface area contributed by atoms with Crippen molar-refractivity contribution in [2.75, 3.05) is 0 Å². The molecule has 19 heavy (non-hydrogen) atoms. The summed E-state index contributed by atoms with van der Waals surface area (Å²) >= 11 is 6.01. The van der Waals surface area contributed by atoms with Crippen molar-refractivity contribution in [3.8, 4) is 5.75 Å². The highest BCUT2D eigenvalue weighted by Gasteiger charge is 2.05. The lowest BCUT2D eigenvalue weighted by Crippen LogP contribution is -2.21. The lowest BCUT2D eigenvalue weighted by atomic mass is 10.3. The number of benzene rings is 1. The van der Waals surface area contributed by atoms with E-state index < -0.39 is 0 Å². The zero-order valence-electron chi connectivity index (χ0n) is 11.2. The van der Waals surface area contributed by atoms with Gasteiger partial charge in [-0.15, -0.1) is 0 Å². The second-order valence-electron chi connectivity index (χ2n) is 4.62. The molecule has 0 aliphatic carbocycles. The fraction of sp³-hybridized carbons (Fsp3) is 0.333. The number of furan rings is 1. The Labute approximate surface area is 118 Å². The zero-order chi connectivity index (χ0) is 13.7. The lowest BCUT2D eigenvalue weighted by molar-refractivity contribution is 0.265. The molecule has 0 bridgehead atoms. The minimum absolute atomic E-state index is 0.380. The van der Waals surface area contributed by atoms with Gasteiger partial charge >= 0.3 is 0 Å².